The quantitative estimate of drug-likeness (QED) is 0.766. The largest absolute Gasteiger partial charge is 0.480 e. The van der Waals surface area contributed by atoms with E-state index in [-0.39, 0.29) is 6.61 Å². The van der Waals surface area contributed by atoms with Crippen LogP contribution in [0.4, 0.5) is 0 Å². The third-order valence-corrected chi connectivity index (χ3v) is 2.19. The molecule has 92 valence electrons. The highest BCUT2D eigenvalue weighted by Gasteiger charge is 2.21. The van der Waals surface area contributed by atoms with Crippen molar-refractivity contribution in [2.24, 2.45) is 0 Å². The number of hydrogen-bond acceptors (Lipinski definition) is 4. The van der Waals surface area contributed by atoms with Gasteiger partial charge in [-0.1, -0.05) is 0 Å². The normalized spacial score (nSPS) is 11.9. The van der Waals surface area contributed by atoms with Crippen LogP contribution in [0.1, 0.15) is 16.1 Å². The highest BCUT2D eigenvalue weighted by Crippen LogP contribution is 2.03. The number of nitrogens with zero attached hydrogens (tertiary/aromatic N) is 1. The Labute approximate surface area is 98.6 Å². The van der Waals surface area contributed by atoms with Gasteiger partial charge in [-0.15, -0.1) is 0 Å². The van der Waals surface area contributed by atoms with Gasteiger partial charge in [0.05, 0.1) is 12.2 Å². The summed E-state index contributed by atoms with van der Waals surface area (Å²) in [5, 5.41) is 11.2. The first-order valence-electron chi connectivity index (χ1n) is 5.00. The molecule has 1 atom stereocenters. The Morgan fingerprint density at radius 1 is 1.59 bits per heavy atom. The number of pyridine rings is 1. The van der Waals surface area contributed by atoms with Crippen LogP contribution in [-0.2, 0) is 9.53 Å². The molecule has 1 aromatic heterocycles. The molecule has 1 unspecified atom stereocenters. The third kappa shape index (κ3) is 3.53. The van der Waals surface area contributed by atoms with Crippen molar-refractivity contribution < 1.29 is 19.4 Å². The van der Waals surface area contributed by atoms with Crippen LogP contribution in [0.5, 0.6) is 0 Å². The minimum atomic E-state index is -1.14. The molecule has 17 heavy (non-hydrogen) atoms. The Kier molecular flexibility index (Phi) is 4.59. The molecule has 1 heterocycles. The maximum Gasteiger partial charge on any atom is 0.328 e. The van der Waals surface area contributed by atoms with Gasteiger partial charge in [-0.05, 0) is 19.1 Å². The average Bonchev–Trinajstić information content (AvgIpc) is 2.28. The number of amides is 1. The molecule has 0 aliphatic heterocycles. The van der Waals surface area contributed by atoms with Gasteiger partial charge in [-0.25, -0.2) is 4.79 Å². The summed E-state index contributed by atoms with van der Waals surface area (Å²) in [4.78, 5) is 26.6. The van der Waals surface area contributed by atoms with E-state index in [0.717, 1.165) is 0 Å². The molecular weight excluding hydrogens is 224 g/mol. The van der Waals surface area contributed by atoms with Crippen LogP contribution in [0.2, 0.25) is 0 Å². The van der Waals surface area contributed by atoms with Crippen LogP contribution >= 0.6 is 0 Å². The molecule has 1 rings (SSSR count). The molecule has 0 saturated carbocycles. The fourth-order valence-electron chi connectivity index (χ4n) is 1.30. The van der Waals surface area contributed by atoms with Gasteiger partial charge in [0.15, 0.2) is 6.04 Å². The lowest BCUT2D eigenvalue weighted by Gasteiger charge is -2.13. The first-order valence-corrected chi connectivity index (χ1v) is 5.00. The highest BCUT2D eigenvalue weighted by molar-refractivity contribution is 5.97. The number of hydrogen-bond donors (Lipinski definition) is 2. The smallest absolute Gasteiger partial charge is 0.328 e. The Balaban J connectivity index is 2.77. The number of aliphatic carboxylic acids is 1. The molecule has 0 radical (unpaired) electrons. The van der Waals surface area contributed by atoms with E-state index in [1.807, 2.05) is 0 Å². The zero-order valence-corrected chi connectivity index (χ0v) is 9.64. The van der Waals surface area contributed by atoms with Crippen molar-refractivity contribution in [1.29, 1.82) is 0 Å². The number of aryl methyl sites for hydroxylation is 1. The van der Waals surface area contributed by atoms with Crippen LogP contribution in [0.25, 0.3) is 0 Å². The van der Waals surface area contributed by atoms with Gasteiger partial charge in [0.25, 0.3) is 5.91 Å². The van der Waals surface area contributed by atoms with Crippen LogP contribution in [0.3, 0.4) is 0 Å². The number of carbonyl (C=O) groups excluding carboxylic acids is 1. The molecule has 0 bridgehead atoms. The fourth-order valence-corrected chi connectivity index (χ4v) is 1.30. The summed E-state index contributed by atoms with van der Waals surface area (Å²) >= 11 is 0. The van der Waals surface area contributed by atoms with Gasteiger partial charge in [0.1, 0.15) is 0 Å². The molecular formula is C11H14N2O4. The predicted octanol–water partition coefficient (Wildman–Crippen LogP) is 0.219. The van der Waals surface area contributed by atoms with Crippen LogP contribution in [-0.4, -0.2) is 41.7 Å². The van der Waals surface area contributed by atoms with Crippen molar-refractivity contribution in [3.8, 4) is 0 Å². The van der Waals surface area contributed by atoms with Gasteiger partial charge in [-0.3, -0.25) is 9.78 Å². The van der Waals surface area contributed by atoms with Gasteiger partial charge in [0, 0.05) is 19.0 Å². The summed E-state index contributed by atoms with van der Waals surface area (Å²) in [5.41, 5.74) is 0.904. The summed E-state index contributed by atoms with van der Waals surface area (Å²) in [7, 11) is 1.37. The molecule has 1 aromatic rings. The summed E-state index contributed by atoms with van der Waals surface area (Å²) in [6.45, 7) is 1.60. The van der Waals surface area contributed by atoms with E-state index in [9.17, 15) is 9.59 Å². The summed E-state index contributed by atoms with van der Waals surface area (Å²) in [6.07, 6.45) is 1.57. The molecule has 0 fully saturated rings. The third-order valence-electron chi connectivity index (χ3n) is 2.19. The Bertz CT molecular complexity index is 420. The van der Waals surface area contributed by atoms with Gasteiger partial charge >= 0.3 is 5.97 Å². The minimum absolute atomic E-state index is 0.0830. The lowest BCUT2D eigenvalue weighted by Crippen LogP contribution is -2.44. The standard InChI is InChI=1S/C11H14N2O4/c1-7-8(4-3-5-12-7)10(14)13-9(6-17-2)11(15)16/h3-5,9H,6H2,1-2H3,(H,13,14)(H,15,16). The van der Waals surface area contributed by atoms with E-state index in [1.54, 1.807) is 25.3 Å². The monoisotopic (exact) mass is 238 g/mol. The van der Waals surface area contributed by atoms with Crippen molar-refractivity contribution in [3.63, 3.8) is 0 Å². The first-order chi connectivity index (χ1) is 8.06. The number of rotatable bonds is 5. The molecule has 0 aliphatic carbocycles. The number of methoxy groups -OCH3 is 1. The highest BCUT2D eigenvalue weighted by atomic mass is 16.5. The van der Waals surface area contributed by atoms with Crippen LogP contribution in [0.15, 0.2) is 18.3 Å². The SMILES string of the molecule is COCC(NC(=O)c1cccnc1C)C(=O)O. The van der Waals surface area contributed by atoms with Crippen molar-refractivity contribution >= 4 is 11.9 Å². The number of nitrogens with one attached hydrogen (secondary N) is 1. The van der Waals surface area contributed by atoms with E-state index >= 15 is 0 Å². The molecule has 1 amide bonds. The second kappa shape index (κ2) is 5.95. The van der Waals surface area contributed by atoms with E-state index < -0.39 is 17.9 Å². The lowest BCUT2D eigenvalue weighted by molar-refractivity contribution is -0.140. The minimum Gasteiger partial charge on any atom is -0.480 e. The topological polar surface area (TPSA) is 88.5 Å². The number of carboxylic acids is 1. The second-order valence-corrected chi connectivity index (χ2v) is 3.46. The summed E-state index contributed by atoms with van der Waals surface area (Å²) in [6, 6.07) is 2.14. The molecule has 0 aliphatic rings. The Morgan fingerprint density at radius 2 is 2.29 bits per heavy atom. The van der Waals surface area contributed by atoms with Crippen LogP contribution in [0, 0.1) is 6.92 Å². The zero-order chi connectivity index (χ0) is 12.8. The van der Waals surface area contributed by atoms with Crippen molar-refractivity contribution in [2.45, 2.75) is 13.0 Å². The first kappa shape index (κ1) is 13.1. The van der Waals surface area contributed by atoms with Crippen LogP contribution < -0.4 is 5.32 Å². The van der Waals surface area contributed by atoms with Gasteiger partial charge in [-0.2, -0.15) is 0 Å². The molecule has 6 nitrogen and oxygen atoms in total. The van der Waals surface area contributed by atoms with Gasteiger partial charge < -0.3 is 15.2 Å². The molecule has 0 spiro atoms. The molecule has 0 aromatic carbocycles. The molecule has 0 saturated heterocycles. The molecule has 2 N–H and O–H groups in total. The zero-order valence-electron chi connectivity index (χ0n) is 9.64. The average molecular weight is 238 g/mol. The Hall–Kier alpha value is -1.95. The van der Waals surface area contributed by atoms with E-state index in [4.69, 9.17) is 9.84 Å². The number of carbonyl (C=O) groups is 2. The number of carboxylic acid groups (broad SMARTS) is 1. The van der Waals surface area contributed by atoms with Crippen molar-refractivity contribution in [2.75, 3.05) is 13.7 Å². The van der Waals surface area contributed by atoms with Gasteiger partial charge in [0.2, 0.25) is 0 Å². The number of ether oxygens (including phenoxy) is 1. The van der Waals surface area contributed by atoms with E-state index in [2.05, 4.69) is 10.3 Å². The maximum atomic E-state index is 11.8. The van der Waals surface area contributed by atoms with Crippen molar-refractivity contribution in [1.82, 2.24) is 10.3 Å². The maximum absolute atomic E-state index is 11.8. The van der Waals surface area contributed by atoms with E-state index in [0.29, 0.717) is 11.3 Å². The molecule has 6 heteroatoms. The lowest BCUT2D eigenvalue weighted by atomic mass is 10.2. The Morgan fingerprint density at radius 3 is 2.82 bits per heavy atom. The second-order valence-electron chi connectivity index (χ2n) is 3.46. The summed E-state index contributed by atoms with van der Waals surface area (Å²) < 4.78 is 4.72. The number of aromatic nitrogens is 1. The van der Waals surface area contributed by atoms with E-state index in [1.165, 1.54) is 7.11 Å². The van der Waals surface area contributed by atoms with Crippen molar-refractivity contribution in [3.05, 3.63) is 29.6 Å². The predicted molar refractivity (Wildman–Crippen MR) is 59.7 cm³/mol. The fraction of sp³-hybridized carbons (Fsp3) is 0.364. The summed E-state index contributed by atoms with van der Waals surface area (Å²) in [5.74, 6) is -1.61.